The Bertz CT molecular complexity index is 273. The first kappa shape index (κ1) is 9.46. The first-order valence-corrected chi connectivity index (χ1v) is 4.26. The SMILES string of the molecule is COc1ccc(Cl)n1C(C)(C)C. The van der Waals surface area contributed by atoms with E-state index in [1.807, 2.05) is 16.7 Å². The van der Waals surface area contributed by atoms with Gasteiger partial charge in [0.15, 0.2) is 5.88 Å². The van der Waals surface area contributed by atoms with Crippen molar-refractivity contribution in [2.45, 2.75) is 26.3 Å². The molecular formula is C9H14ClNO. The van der Waals surface area contributed by atoms with Gasteiger partial charge >= 0.3 is 0 Å². The van der Waals surface area contributed by atoms with E-state index in [2.05, 4.69) is 20.8 Å². The minimum Gasteiger partial charge on any atom is -0.482 e. The summed E-state index contributed by atoms with van der Waals surface area (Å²) in [6.45, 7) is 6.25. The van der Waals surface area contributed by atoms with E-state index in [0.29, 0.717) is 5.15 Å². The van der Waals surface area contributed by atoms with Crippen molar-refractivity contribution in [2.24, 2.45) is 0 Å². The fraction of sp³-hybridized carbons (Fsp3) is 0.556. The molecule has 0 aliphatic heterocycles. The smallest absolute Gasteiger partial charge is 0.194 e. The molecule has 0 aliphatic rings. The Labute approximate surface area is 78.1 Å². The zero-order valence-corrected chi connectivity index (χ0v) is 8.64. The van der Waals surface area contributed by atoms with Gasteiger partial charge in [-0.05, 0) is 26.8 Å². The lowest BCUT2D eigenvalue weighted by molar-refractivity contribution is 0.309. The van der Waals surface area contributed by atoms with Crippen molar-refractivity contribution < 1.29 is 4.74 Å². The molecule has 0 saturated heterocycles. The van der Waals surface area contributed by atoms with Gasteiger partial charge < -0.3 is 4.74 Å². The molecule has 68 valence electrons. The second kappa shape index (κ2) is 3.02. The van der Waals surface area contributed by atoms with Crippen LogP contribution in [0.3, 0.4) is 0 Å². The Balaban J connectivity index is 3.19. The van der Waals surface area contributed by atoms with Crippen molar-refractivity contribution >= 4 is 11.6 Å². The van der Waals surface area contributed by atoms with Gasteiger partial charge in [0.25, 0.3) is 0 Å². The van der Waals surface area contributed by atoms with Crippen molar-refractivity contribution in [1.82, 2.24) is 4.57 Å². The molecule has 2 nitrogen and oxygen atoms in total. The highest BCUT2D eigenvalue weighted by atomic mass is 35.5. The molecule has 0 atom stereocenters. The van der Waals surface area contributed by atoms with Crippen LogP contribution in [0.5, 0.6) is 5.88 Å². The Morgan fingerprint density at radius 2 is 1.92 bits per heavy atom. The van der Waals surface area contributed by atoms with Gasteiger partial charge in [0.1, 0.15) is 5.15 Å². The minimum absolute atomic E-state index is 0.0358. The van der Waals surface area contributed by atoms with E-state index in [-0.39, 0.29) is 5.54 Å². The molecule has 12 heavy (non-hydrogen) atoms. The summed E-state index contributed by atoms with van der Waals surface area (Å²) in [6.07, 6.45) is 0. The van der Waals surface area contributed by atoms with Crippen LogP contribution in [0.15, 0.2) is 12.1 Å². The Hall–Kier alpha value is -0.630. The third-order valence-corrected chi connectivity index (χ3v) is 1.97. The van der Waals surface area contributed by atoms with Crippen LogP contribution in [0.4, 0.5) is 0 Å². The molecule has 0 aromatic carbocycles. The van der Waals surface area contributed by atoms with Gasteiger partial charge in [-0.2, -0.15) is 0 Å². The largest absolute Gasteiger partial charge is 0.482 e. The third kappa shape index (κ3) is 1.58. The maximum atomic E-state index is 5.99. The van der Waals surface area contributed by atoms with Crippen molar-refractivity contribution in [3.8, 4) is 5.88 Å². The molecular weight excluding hydrogens is 174 g/mol. The summed E-state index contributed by atoms with van der Waals surface area (Å²) < 4.78 is 7.12. The Kier molecular flexibility index (Phi) is 2.38. The van der Waals surface area contributed by atoms with Crippen molar-refractivity contribution in [2.75, 3.05) is 7.11 Å². The maximum Gasteiger partial charge on any atom is 0.194 e. The summed E-state index contributed by atoms with van der Waals surface area (Å²) in [6, 6.07) is 3.71. The lowest BCUT2D eigenvalue weighted by Gasteiger charge is -2.24. The monoisotopic (exact) mass is 187 g/mol. The van der Waals surface area contributed by atoms with E-state index >= 15 is 0 Å². The normalized spacial score (nSPS) is 11.8. The number of aromatic nitrogens is 1. The van der Waals surface area contributed by atoms with E-state index in [1.54, 1.807) is 7.11 Å². The predicted octanol–water partition coefficient (Wildman–Crippen LogP) is 2.91. The van der Waals surface area contributed by atoms with Crippen LogP contribution < -0.4 is 4.74 Å². The molecule has 1 heterocycles. The number of methoxy groups -OCH3 is 1. The number of nitrogens with zero attached hydrogens (tertiary/aromatic N) is 1. The van der Waals surface area contributed by atoms with Gasteiger partial charge in [0.05, 0.1) is 7.11 Å². The van der Waals surface area contributed by atoms with Gasteiger partial charge in [0.2, 0.25) is 0 Å². The van der Waals surface area contributed by atoms with Gasteiger partial charge in [-0.15, -0.1) is 0 Å². The molecule has 0 bridgehead atoms. The summed E-state index contributed by atoms with van der Waals surface area (Å²) in [7, 11) is 1.65. The Morgan fingerprint density at radius 3 is 2.25 bits per heavy atom. The number of rotatable bonds is 1. The fourth-order valence-electron chi connectivity index (χ4n) is 1.20. The minimum atomic E-state index is -0.0358. The molecule has 1 rings (SSSR count). The van der Waals surface area contributed by atoms with Crippen LogP contribution in [0.25, 0.3) is 0 Å². The molecule has 0 spiro atoms. The Morgan fingerprint density at radius 1 is 1.33 bits per heavy atom. The van der Waals surface area contributed by atoms with Crippen molar-refractivity contribution in [3.05, 3.63) is 17.3 Å². The first-order chi connectivity index (χ1) is 5.46. The van der Waals surface area contributed by atoms with Crippen LogP contribution in [0.1, 0.15) is 20.8 Å². The summed E-state index contributed by atoms with van der Waals surface area (Å²) in [5.74, 6) is 0.799. The van der Waals surface area contributed by atoms with Gasteiger partial charge in [-0.25, -0.2) is 0 Å². The molecule has 1 aromatic rings. The van der Waals surface area contributed by atoms with E-state index < -0.39 is 0 Å². The lowest BCUT2D eigenvalue weighted by Crippen LogP contribution is -2.22. The average Bonchev–Trinajstić information content (AvgIpc) is 2.29. The van der Waals surface area contributed by atoms with E-state index in [0.717, 1.165) is 5.88 Å². The molecule has 0 unspecified atom stereocenters. The molecule has 0 N–H and O–H groups in total. The van der Waals surface area contributed by atoms with E-state index in [1.165, 1.54) is 0 Å². The standard InChI is InChI=1S/C9H14ClNO/c1-9(2,3)11-7(10)5-6-8(11)12-4/h5-6H,1-4H3. The molecule has 0 saturated carbocycles. The zero-order valence-electron chi connectivity index (χ0n) is 7.89. The number of hydrogen-bond donors (Lipinski definition) is 0. The molecule has 3 heteroatoms. The average molecular weight is 188 g/mol. The van der Waals surface area contributed by atoms with E-state index in [9.17, 15) is 0 Å². The summed E-state index contributed by atoms with van der Waals surface area (Å²) in [5.41, 5.74) is -0.0358. The molecule has 1 aromatic heterocycles. The summed E-state index contributed by atoms with van der Waals surface area (Å²) in [5, 5.41) is 0.708. The molecule has 0 amide bonds. The fourth-order valence-corrected chi connectivity index (χ4v) is 1.60. The summed E-state index contributed by atoms with van der Waals surface area (Å²) in [4.78, 5) is 0. The van der Waals surface area contributed by atoms with Gasteiger partial charge in [0, 0.05) is 11.6 Å². The van der Waals surface area contributed by atoms with Crippen LogP contribution in [-0.4, -0.2) is 11.7 Å². The highest BCUT2D eigenvalue weighted by Crippen LogP contribution is 2.29. The van der Waals surface area contributed by atoms with Crippen LogP contribution in [0, 0.1) is 0 Å². The molecule has 0 aliphatic carbocycles. The van der Waals surface area contributed by atoms with Gasteiger partial charge in [-0.3, -0.25) is 4.57 Å². The maximum absolute atomic E-state index is 5.99. The second-order valence-corrected chi connectivity index (χ2v) is 4.09. The number of ether oxygens (including phenoxy) is 1. The topological polar surface area (TPSA) is 14.2 Å². The van der Waals surface area contributed by atoms with Gasteiger partial charge in [-0.1, -0.05) is 11.6 Å². The molecule has 0 radical (unpaired) electrons. The van der Waals surface area contributed by atoms with Crippen LogP contribution >= 0.6 is 11.6 Å². The second-order valence-electron chi connectivity index (χ2n) is 3.70. The van der Waals surface area contributed by atoms with Crippen molar-refractivity contribution in [3.63, 3.8) is 0 Å². The highest BCUT2D eigenvalue weighted by molar-refractivity contribution is 6.29. The summed E-state index contributed by atoms with van der Waals surface area (Å²) >= 11 is 5.99. The first-order valence-electron chi connectivity index (χ1n) is 3.88. The third-order valence-electron chi connectivity index (χ3n) is 1.68. The van der Waals surface area contributed by atoms with Crippen LogP contribution in [-0.2, 0) is 5.54 Å². The highest BCUT2D eigenvalue weighted by Gasteiger charge is 2.19. The lowest BCUT2D eigenvalue weighted by atomic mass is 10.1. The van der Waals surface area contributed by atoms with Crippen LogP contribution in [0.2, 0.25) is 5.15 Å². The predicted molar refractivity (Wildman–Crippen MR) is 51.0 cm³/mol. The molecule has 0 fully saturated rings. The quantitative estimate of drug-likeness (QED) is 0.660. The number of hydrogen-bond acceptors (Lipinski definition) is 1. The number of halogens is 1. The van der Waals surface area contributed by atoms with E-state index in [4.69, 9.17) is 16.3 Å². The van der Waals surface area contributed by atoms with Crippen molar-refractivity contribution in [1.29, 1.82) is 0 Å². The zero-order chi connectivity index (χ0) is 9.35.